The second-order valence-corrected chi connectivity index (χ2v) is 3.64. The minimum Gasteiger partial charge on any atom is -0.383 e. The number of ketones is 1. The van der Waals surface area contributed by atoms with E-state index in [1.54, 1.807) is 12.1 Å². The third kappa shape index (κ3) is 1.42. The van der Waals surface area contributed by atoms with Crippen LogP contribution in [0.5, 0.6) is 0 Å². The summed E-state index contributed by atoms with van der Waals surface area (Å²) in [5.74, 6) is 0.143. The fourth-order valence-electron chi connectivity index (χ4n) is 1.58. The fraction of sp³-hybridized carbons (Fsp3) is 0.182. The van der Waals surface area contributed by atoms with E-state index in [0.29, 0.717) is 23.6 Å². The predicted octanol–water partition coefficient (Wildman–Crippen LogP) is 2.98. The van der Waals surface area contributed by atoms with Gasteiger partial charge in [0.2, 0.25) is 0 Å². The van der Waals surface area contributed by atoms with Gasteiger partial charge in [0.1, 0.15) is 0 Å². The highest BCUT2D eigenvalue weighted by Crippen LogP contribution is 2.31. The van der Waals surface area contributed by atoms with Gasteiger partial charge in [-0.1, -0.05) is 24.3 Å². The zero-order chi connectivity index (χ0) is 10.1. The summed E-state index contributed by atoms with van der Waals surface area (Å²) >= 11 is 6.03. The number of carbonyl (C=O) groups is 1. The van der Waals surface area contributed by atoms with Crippen LogP contribution in [0.1, 0.15) is 22.3 Å². The number of hydrogen-bond acceptors (Lipinski definition) is 2. The smallest absolute Gasteiger partial charge is 0.166 e. The Balaban J connectivity index is 2.62. The molecule has 1 aliphatic heterocycles. The van der Waals surface area contributed by atoms with Crippen molar-refractivity contribution in [3.63, 3.8) is 0 Å². The lowest BCUT2D eigenvalue weighted by Gasteiger charge is -2.18. The van der Waals surface area contributed by atoms with Gasteiger partial charge in [-0.15, -0.1) is 0 Å². The van der Waals surface area contributed by atoms with E-state index in [1.165, 1.54) is 0 Å². The first kappa shape index (κ1) is 9.28. The molecule has 2 rings (SSSR count). The zero-order valence-electron chi connectivity index (χ0n) is 7.64. The molecule has 0 bridgehead atoms. The average molecular weight is 208 g/mol. The molecule has 72 valence electrons. The highest BCUT2D eigenvalue weighted by Gasteiger charge is 2.19. The Labute approximate surface area is 87.6 Å². The third-order valence-corrected chi connectivity index (χ3v) is 2.60. The van der Waals surface area contributed by atoms with Crippen molar-refractivity contribution < 1.29 is 4.79 Å². The lowest BCUT2D eigenvalue weighted by molar-refractivity contribution is 0.0983. The summed E-state index contributed by atoms with van der Waals surface area (Å²) in [5.41, 5.74) is 2.32. The molecule has 0 aromatic heterocycles. The first-order chi connectivity index (χ1) is 6.72. The minimum absolute atomic E-state index is 0.143. The maximum Gasteiger partial charge on any atom is 0.166 e. The molecular formula is C11H10ClNO. The number of hydrogen-bond donors (Lipinski definition) is 1. The zero-order valence-corrected chi connectivity index (χ0v) is 8.40. The van der Waals surface area contributed by atoms with E-state index in [2.05, 4.69) is 11.9 Å². The van der Waals surface area contributed by atoms with E-state index in [0.717, 1.165) is 11.3 Å². The third-order valence-electron chi connectivity index (χ3n) is 2.30. The molecule has 0 amide bonds. The SMILES string of the molecule is C=Cc1cc(Cl)c2c(c1)C(=O)CCN2. The van der Waals surface area contributed by atoms with Crippen molar-refractivity contribution in [1.29, 1.82) is 0 Å². The summed E-state index contributed by atoms with van der Waals surface area (Å²) in [6.45, 7) is 4.32. The quantitative estimate of drug-likeness (QED) is 0.767. The van der Waals surface area contributed by atoms with Crippen LogP contribution in [0.25, 0.3) is 6.08 Å². The summed E-state index contributed by atoms with van der Waals surface area (Å²) < 4.78 is 0. The highest BCUT2D eigenvalue weighted by atomic mass is 35.5. The fourth-order valence-corrected chi connectivity index (χ4v) is 1.88. The van der Waals surface area contributed by atoms with Gasteiger partial charge in [0.05, 0.1) is 10.7 Å². The van der Waals surface area contributed by atoms with Gasteiger partial charge < -0.3 is 5.32 Å². The molecule has 3 heteroatoms. The molecule has 0 atom stereocenters. The van der Waals surface area contributed by atoms with Crippen LogP contribution in [0.2, 0.25) is 5.02 Å². The average Bonchev–Trinajstić information content (AvgIpc) is 2.19. The first-order valence-corrected chi connectivity index (χ1v) is 4.83. The standard InChI is InChI=1S/C11H10ClNO/c1-2-7-5-8-10(14)3-4-13-11(8)9(12)6-7/h2,5-6,13H,1,3-4H2. The van der Waals surface area contributed by atoms with E-state index in [4.69, 9.17) is 11.6 Å². The number of fused-ring (bicyclic) bond motifs is 1. The molecule has 0 fully saturated rings. The van der Waals surface area contributed by atoms with Crippen LogP contribution >= 0.6 is 11.6 Å². The van der Waals surface area contributed by atoms with Gasteiger partial charge in [-0.2, -0.15) is 0 Å². The summed E-state index contributed by atoms with van der Waals surface area (Å²) in [7, 11) is 0. The summed E-state index contributed by atoms with van der Waals surface area (Å²) in [6, 6.07) is 3.63. The number of rotatable bonds is 1. The van der Waals surface area contributed by atoms with Gasteiger partial charge in [-0.3, -0.25) is 4.79 Å². The van der Waals surface area contributed by atoms with Gasteiger partial charge in [0, 0.05) is 18.5 Å². The molecule has 0 aliphatic carbocycles. The normalized spacial score (nSPS) is 14.5. The van der Waals surface area contributed by atoms with Crippen molar-refractivity contribution in [3.8, 4) is 0 Å². The summed E-state index contributed by atoms with van der Waals surface area (Å²) in [6.07, 6.45) is 2.22. The molecule has 1 aliphatic rings. The van der Waals surface area contributed by atoms with Crippen LogP contribution in [0.4, 0.5) is 5.69 Å². The van der Waals surface area contributed by atoms with Gasteiger partial charge in [-0.05, 0) is 17.7 Å². The van der Waals surface area contributed by atoms with Crippen molar-refractivity contribution in [3.05, 3.63) is 34.9 Å². The van der Waals surface area contributed by atoms with Gasteiger partial charge in [-0.25, -0.2) is 0 Å². The largest absolute Gasteiger partial charge is 0.383 e. The van der Waals surface area contributed by atoms with E-state index < -0.39 is 0 Å². The second-order valence-electron chi connectivity index (χ2n) is 3.23. The van der Waals surface area contributed by atoms with Crippen molar-refractivity contribution in [1.82, 2.24) is 0 Å². The number of nitrogens with one attached hydrogen (secondary N) is 1. The molecule has 1 heterocycles. The van der Waals surface area contributed by atoms with Crippen LogP contribution < -0.4 is 5.32 Å². The molecule has 0 radical (unpaired) electrons. The predicted molar refractivity (Wildman–Crippen MR) is 59.0 cm³/mol. The molecule has 14 heavy (non-hydrogen) atoms. The van der Waals surface area contributed by atoms with Crippen molar-refractivity contribution in [2.45, 2.75) is 6.42 Å². The van der Waals surface area contributed by atoms with E-state index in [-0.39, 0.29) is 5.78 Å². The van der Waals surface area contributed by atoms with Gasteiger partial charge in [0.15, 0.2) is 5.78 Å². The molecule has 0 spiro atoms. The second kappa shape index (κ2) is 3.46. The molecular weight excluding hydrogens is 198 g/mol. The topological polar surface area (TPSA) is 29.1 Å². The number of benzene rings is 1. The molecule has 0 saturated carbocycles. The Bertz CT molecular complexity index is 412. The van der Waals surface area contributed by atoms with E-state index >= 15 is 0 Å². The Kier molecular flexibility index (Phi) is 2.30. The Morgan fingerprint density at radius 1 is 1.50 bits per heavy atom. The Morgan fingerprint density at radius 3 is 3.00 bits per heavy atom. The molecule has 1 aromatic carbocycles. The molecule has 0 saturated heterocycles. The minimum atomic E-state index is 0.143. The molecule has 0 unspecified atom stereocenters. The van der Waals surface area contributed by atoms with Crippen molar-refractivity contribution >= 4 is 29.1 Å². The summed E-state index contributed by atoms with van der Waals surface area (Å²) in [4.78, 5) is 11.6. The van der Waals surface area contributed by atoms with Crippen molar-refractivity contribution in [2.24, 2.45) is 0 Å². The van der Waals surface area contributed by atoms with Crippen molar-refractivity contribution in [2.75, 3.05) is 11.9 Å². The number of carbonyl (C=O) groups excluding carboxylic acids is 1. The molecule has 2 nitrogen and oxygen atoms in total. The summed E-state index contributed by atoms with van der Waals surface area (Å²) in [5, 5.41) is 3.71. The molecule has 1 aromatic rings. The maximum atomic E-state index is 11.6. The number of halogens is 1. The van der Waals surface area contributed by atoms with Gasteiger partial charge >= 0.3 is 0 Å². The van der Waals surface area contributed by atoms with Crippen LogP contribution in [0.15, 0.2) is 18.7 Å². The van der Waals surface area contributed by atoms with Crippen LogP contribution in [-0.4, -0.2) is 12.3 Å². The lowest BCUT2D eigenvalue weighted by Crippen LogP contribution is -2.18. The van der Waals surface area contributed by atoms with E-state index in [1.807, 2.05) is 6.07 Å². The first-order valence-electron chi connectivity index (χ1n) is 4.45. The van der Waals surface area contributed by atoms with Crippen LogP contribution in [0.3, 0.4) is 0 Å². The Morgan fingerprint density at radius 2 is 2.29 bits per heavy atom. The monoisotopic (exact) mass is 207 g/mol. The van der Waals surface area contributed by atoms with Crippen LogP contribution in [0, 0.1) is 0 Å². The lowest BCUT2D eigenvalue weighted by atomic mass is 9.99. The number of anilines is 1. The molecule has 1 N–H and O–H groups in total. The number of Topliss-reactive ketones (excluding diaryl/α,β-unsaturated/α-hetero) is 1. The van der Waals surface area contributed by atoms with Crippen LogP contribution in [-0.2, 0) is 0 Å². The highest BCUT2D eigenvalue weighted by molar-refractivity contribution is 6.34. The van der Waals surface area contributed by atoms with Gasteiger partial charge in [0.25, 0.3) is 0 Å². The maximum absolute atomic E-state index is 11.6. The Hall–Kier alpha value is -1.28. The van der Waals surface area contributed by atoms with E-state index in [9.17, 15) is 4.79 Å².